The van der Waals surface area contributed by atoms with Crippen LogP contribution in [0.4, 0.5) is 10.1 Å². The molecule has 5 heteroatoms. The second kappa shape index (κ2) is 6.62. The third-order valence-corrected chi connectivity index (χ3v) is 4.88. The molecule has 0 amide bonds. The summed E-state index contributed by atoms with van der Waals surface area (Å²) in [6, 6.07) is 14.8. The fourth-order valence-electron chi connectivity index (χ4n) is 2.68. The number of nitrogens with zero attached hydrogens (tertiary/aromatic N) is 1. The number of hydrogen-bond acceptors (Lipinski definition) is 4. The monoisotopic (exact) mass is 329 g/mol. The van der Waals surface area contributed by atoms with E-state index < -0.39 is 0 Å². The first-order valence-corrected chi connectivity index (χ1v) is 8.61. The number of halogens is 1. The van der Waals surface area contributed by atoms with E-state index in [9.17, 15) is 4.39 Å². The number of nitrogens with two attached hydrogens (primary N) is 1. The normalized spacial score (nSPS) is 20.9. The largest absolute Gasteiger partial charge is 0.381 e. The maximum absolute atomic E-state index is 12.9. The molecule has 0 saturated heterocycles. The highest BCUT2D eigenvalue weighted by Crippen LogP contribution is 2.35. The zero-order chi connectivity index (χ0) is 16.3. The van der Waals surface area contributed by atoms with Gasteiger partial charge in [0.25, 0.3) is 0 Å². The summed E-state index contributed by atoms with van der Waals surface area (Å²) in [6.45, 7) is 2.82. The van der Waals surface area contributed by atoms with Gasteiger partial charge in [0.2, 0.25) is 0 Å². The molecule has 1 atom stereocenters. The fraction of sp³-hybridized carbons (Fsp3) is 0.278. The molecule has 0 spiro atoms. The number of aliphatic imine (C=N–C) groups is 1. The molecular formula is C18H20FN3S. The van der Waals surface area contributed by atoms with Gasteiger partial charge in [-0.3, -0.25) is 4.99 Å². The predicted octanol–water partition coefficient (Wildman–Crippen LogP) is 4.10. The zero-order valence-corrected chi connectivity index (χ0v) is 13.9. The van der Waals surface area contributed by atoms with Crippen molar-refractivity contribution in [3.05, 3.63) is 65.5 Å². The van der Waals surface area contributed by atoms with Gasteiger partial charge in [-0.15, -0.1) is 0 Å². The first-order valence-electron chi connectivity index (χ1n) is 7.62. The molecule has 23 heavy (non-hydrogen) atoms. The lowest BCUT2D eigenvalue weighted by Gasteiger charge is -2.30. The van der Waals surface area contributed by atoms with Gasteiger partial charge in [-0.1, -0.05) is 36.0 Å². The molecule has 3 rings (SSSR count). The van der Waals surface area contributed by atoms with Crippen molar-refractivity contribution < 1.29 is 4.39 Å². The topological polar surface area (TPSA) is 50.4 Å². The molecule has 1 aliphatic heterocycles. The summed E-state index contributed by atoms with van der Waals surface area (Å²) in [6.07, 6.45) is 0.979. The van der Waals surface area contributed by atoms with Crippen LogP contribution in [0.2, 0.25) is 0 Å². The van der Waals surface area contributed by atoms with Crippen LogP contribution in [0.25, 0.3) is 0 Å². The van der Waals surface area contributed by atoms with Gasteiger partial charge in [-0.2, -0.15) is 0 Å². The van der Waals surface area contributed by atoms with E-state index in [1.807, 2.05) is 0 Å². The minimum Gasteiger partial charge on any atom is -0.381 e. The number of anilines is 1. The molecule has 0 saturated carbocycles. The minimum absolute atomic E-state index is 0.226. The van der Waals surface area contributed by atoms with Crippen LogP contribution < -0.4 is 11.1 Å². The Morgan fingerprint density at radius 2 is 2.04 bits per heavy atom. The summed E-state index contributed by atoms with van der Waals surface area (Å²) in [5.74, 6) is 0.764. The Bertz CT molecular complexity index is 714. The molecule has 0 bridgehead atoms. The molecule has 1 unspecified atom stereocenters. The molecule has 3 nitrogen and oxygen atoms in total. The van der Waals surface area contributed by atoms with Gasteiger partial charge in [-0.25, -0.2) is 4.39 Å². The van der Waals surface area contributed by atoms with Crippen molar-refractivity contribution in [1.29, 1.82) is 0 Å². The Labute approximate surface area is 140 Å². The average molecular weight is 329 g/mol. The molecule has 0 aromatic heterocycles. The van der Waals surface area contributed by atoms with Crippen LogP contribution in [-0.4, -0.2) is 10.9 Å². The Balaban J connectivity index is 1.75. The first-order chi connectivity index (χ1) is 11.0. The van der Waals surface area contributed by atoms with Gasteiger partial charge in [0.1, 0.15) is 5.82 Å². The molecule has 0 aliphatic carbocycles. The number of rotatable bonds is 4. The number of amidine groups is 1. The maximum atomic E-state index is 12.9. The van der Waals surface area contributed by atoms with Gasteiger partial charge < -0.3 is 11.1 Å². The van der Waals surface area contributed by atoms with Crippen LogP contribution in [0.3, 0.4) is 0 Å². The van der Waals surface area contributed by atoms with Crippen molar-refractivity contribution in [3.63, 3.8) is 0 Å². The molecule has 0 fully saturated rings. The van der Waals surface area contributed by atoms with Crippen molar-refractivity contribution in [3.8, 4) is 0 Å². The van der Waals surface area contributed by atoms with Crippen LogP contribution in [-0.2, 0) is 12.1 Å². The quantitative estimate of drug-likeness (QED) is 0.888. The zero-order valence-electron chi connectivity index (χ0n) is 13.1. The third kappa shape index (κ3) is 3.85. The van der Waals surface area contributed by atoms with Crippen LogP contribution in [0.15, 0.2) is 53.5 Å². The van der Waals surface area contributed by atoms with Crippen molar-refractivity contribution >= 4 is 22.6 Å². The summed E-state index contributed by atoms with van der Waals surface area (Å²) in [5.41, 5.74) is 8.90. The van der Waals surface area contributed by atoms with E-state index in [0.29, 0.717) is 11.7 Å². The standard InChI is InChI=1S/C18H20FN3S/c1-18(9-10-23-17(20)22-18)14-4-2-3-13(11-14)12-21-16-7-5-15(19)6-8-16/h2-8,11,21H,9-10,12H2,1H3,(H2,20,22). The molecule has 120 valence electrons. The van der Waals surface area contributed by atoms with Crippen molar-refractivity contribution in [2.24, 2.45) is 10.7 Å². The van der Waals surface area contributed by atoms with E-state index >= 15 is 0 Å². The van der Waals surface area contributed by atoms with E-state index in [1.54, 1.807) is 23.9 Å². The molecular weight excluding hydrogens is 309 g/mol. The molecule has 1 heterocycles. The lowest BCUT2D eigenvalue weighted by atomic mass is 9.89. The van der Waals surface area contributed by atoms with Gasteiger partial charge >= 0.3 is 0 Å². The molecule has 2 aromatic carbocycles. The Morgan fingerprint density at radius 3 is 2.78 bits per heavy atom. The van der Waals surface area contributed by atoms with E-state index in [2.05, 4.69) is 41.5 Å². The second-order valence-electron chi connectivity index (χ2n) is 5.88. The van der Waals surface area contributed by atoms with Gasteiger partial charge in [0, 0.05) is 18.0 Å². The number of hydrogen-bond donors (Lipinski definition) is 2. The summed E-state index contributed by atoms with van der Waals surface area (Å²) >= 11 is 1.61. The summed E-state index contributed by atoms with van der Waals surface area (Å²) in [4.78, 5) is 4.65. The highest BCUT2D eigenvalue weighted by Gasteiger charge is 2.29. The number of thioether (sulfide) groups is 1. The van der Waals surface area contributed by atoms with Crippen LogP contribution >= 0.6 is 11.8 Å². The Morgan fingerprint density at radius 1 is 1.26 bits per heavy atom. The van der Waals surface area contributed by atoms with E-state index in [-0.39, 0.29) is 11.4 Å². The molecule has 3 N–H and O–H groups in total. The van der Waals surface area contributed by atoms with E-state index in [1.165, 1.54) is 23.3 Å². The fourth-order valence-corrected chi connectivity index (χ4v) is 3.66. The van der Waals surface area contributed by atoms with Gasteiger partial charge in [-0.05, 0) is 48.7 Å². The first kappa shape index (κ1) is 15.9. The predicted molar refractivity (Wildman–Crippen MR) is 96.2 cm³/mol. The molecule has 0 radical (unpaired) electrons. The Hall–Kier alpha value is -2.01. The molecule has 1 aliphatic rings. The maximum Gasteiger partial charge on any atom is 0.154 e. The second-order valence-corrected chi connectivity index (χ2v) is 7.00. The van der Waals surface area contributed by atoms with E-state index in [4.69, 9.17) is 5.73 Å². The van der Waals surface area contributed by atoms with Crippen molar-refractivity contribution in [2.75, 3.05) is 11.1 Å². The summed E-state index contributed by atoms with van der Waals surface area (Å²) in [5, 5.41) is 3.97. The smallest absolute Gasteiger partial charge is 0.154 e. The summed E-state index contributed by atoms with van der Waals surface area (Å²) < 4.78 is 12.9. The van der Waals surface area contributed by atoms with Crippen LogP contribution in [0, 0.1) is 5.82 Å². The van der Waals surface area contributed by atoms with E-state index in [0.717, 1.165) is 17.9 Å². The van der Waals surface area contributed by atoms with Crippen LogP contribution in [0.5, 0.6) is 0 Å². The lowest BCUT2D eigenvalue weighted by molar-refractivity contribution is 0.481. The third-order valence-electron chi connectivity index (χ3n) is 4.09. The average Bonchev–Trinajstić information content (AvgIpc) is 2.54. The highest BCUT2D eigenvalue weighted by molar-refractivity contribution is 8.13. The van der Waals surface area contributed by atoms with Crippen molar-refractivity contribution in [1.82, 2.24) is 0 Å². The highest BCUT2D eigenvalue weighted by atomic mass is 32.2. The van der Waals surface area contributed by atoms with Crippen LogP contribution in [0.1, 0.15) is 24.5 Å². The summed E-state index contributed by atoms with van der Waals surface area (Å²) in [7, 11) is 0. The van der Waals surface area contributed by atoms with Gasteiger partial charge in [0.05, 0.1) is 5.54 Å². The number of nitrogens with one attached hydrogen (secondary N) is 1. The minimum atomic E-state index is -0.249. The Kier molecular flexibility index (Phi) is 4.57. The number of benzene rings is 2. The van der Waals surface area contributed by atoms with Crippen molar-refractivity contribution in [2.45, 2.75) is 25.4 Å². The molecule has 2 aromatic rings. The SMILES string of the molecule is CC1(c2cccc(CNc3ccc(F)cc3)c2)CCSC(N)=N1. The lowest BCUT2D eigenvalue weighted by Crippen LogP contribution is -2.28. The van der Waals surface area contributed by atoms with Gasteiger partial charge in [0.15, 0.2) is 5.17 Å².